The topological polar surface area (TPSA) is 64.7 Å². The first-order valence-electron chi connectivity index (χ1n) is 4.87. The highest BCUT2D eigenvalue weighted by Gasteiger charge is 2.11. The molecular formula is C11H14N2O3. The van der Waals surface area contributed by atoms with Crippen molar-refractivity contribution < 1.29 is 14.4 Å². The Morgan fingerprint density at radius 2 is 2.00 bits per heavy atom. The van der Waals surface area contributed by atoms with Crippen LogP contribution in [0, 0.1) is 5.21 Å². The number of ether oxygens (including phenoxy) is 1. The molecule has 0 amide bonds. The molecule has 0 aromatic heterocycles. The van der Waals surface area contributed by atoms with Crippen molar-refractivity contribution in [3.63, 3.8) is 0 Å². The van der Waals surface area contributed by atoms with Gasteiger partial charge in [0.05, 0.1) is 7.11 Å². The number of rotatable bonds is 4. The van der Waals surface area contributed by atoms with Gasteiger partial charge < -0.3 is 9.94 Å². The average molecular weight is 222 g/mol. The minimum Gasteiger partial charge on any atom is -0.594 e. The van der Waals surface area contributed by atoms with Crippen LogP contribution >= 0.6 is 0 Å². The second kappa shape index (κ2) is 5.25. The molecule has 0 radical (unpaired) electrons. The lowest BCUT2D eigenvalue weighted by Crippen LogP contribution is -2.12. The van der Waals surface area contributed by atoms with Crippen LogP contribution in [0.5, 0.6) is 5.75 Å². The standard InChI is InChI=1S/C11H14N2O3/c1-8(9(2)14)12-13(15)10-4-6-11(16-3)7-5-10/h4-8H,1-3H3. The van der Waals surface area contributed by atoms with E-state index in [0.29, 0.717) is 16.3 Å². The van der Waals surface area contributed by atoms with Crippen molar-refractivity contribution in [3.05, 3.63) is 29.5 Å². The van der Waals surface area contributed by atoms with Crippen molar-refractivity contribution >= 4 is 11.5 Å². The van der Waals surface area contributed by atoms with Gasteiger partial charge in [-0.1, -0.05) is 4.86 Å². The van der Waals surface area contributed by atoms with E-state index in [0.717, 1.165) is 0 Å². The van der Waals surface area contributed by atoms with E-state index < -0.39 is 6.04 Å². The van der Waals surface area contributed by atoms with Crippen LogP contribution in [0.15, 0.2) is 29.4 Å². The molecule has 0 N–H and O–H groups in total. The molecule has 0 bridgehead atoms. The molecule has 1 rings (SSSR count). The zero-order valence-electron chi connectivity index (χ0n) is 9.51. The van der Waals surface area contributed by atoms with Crippen LogP contribution in [-0.4, -0.2) is 23.8 Å². The molecule has 0 heterocycles. The number of nitrogens with zero attached hydrogens (tertiary/aromatic N) is 2. The third-order valence-electron chi connectivity index (χ3n) is 2.16. The predicted octanol–water partition coefficient (Wildman–Crippen LogP) is 2.27. The molecule has 1 unspecified atom stereocenters. The molecule has 0 fully saturated rings. The molecule has 1 atom stereocenters. The van der Waals surface area contributed by atoms with Crippen LogP contribution in [0.1, 0.15) is 13.8 Å². The molecule has 5 nitrogen and oxygen atoms in total. The number of carbonyl (C=O) groups excluding carboxylic acids is 1. The number of ketones is 1. The summed E-state index contributed by atoms with van der Waals surface area (Å²) >= 11 is 0. The fourth-order valence-electron chi connectivity index (χ4n) is 1.02. The maximum Gasteiger partial charge on any atom is 0.244 e. The van der Waals surface area contributed by atoms with Gasteiger partial charge >= 0.3 is 0 Å². The predicted molar refractivity (Wildman–Crippen MR) is 58.9 cm³/mol. The molecule has 0 saturated carbocycles. The van der Waals surface area contributed by atoms with E-state index in [4.69, 9.17) is 4.74 Å². The van der Waals surface area contributed by atoms with Crippen LogP contribution in [0.3, 0.4) is 0 Å². The normalized spacial score (nSPS) is 13.3. The van der Waals surface area contributed by atoms with Crippen LogP contribution in [0.2, 0.25) is 0 Å². The number of Topliss-reactive ketones (excluding diaryl/α,β-unsaturated/α-hetero) is 1. The Kier molecular flexibility index (Phi) is 3.99. The van der Waals surface area contributed by atoms with Gasteiger partial charge in [-0.25, -0.2) is 0 Å². The van der Waals surface area contributed by atoms with Gasteiger partial charge in [0.25, 0.3) is 0 Å². The summed E-state index contributed by atoms with van der Waals surface area (Å²) in [5.74, 6) is 0.520. The lowest BCUT2D eigenvalue weighted by atomic mass is 10.2. The highest BCUT2D eigenvalue weighted by Crippen LogP contribution is 2.17. The Morgan fingerprint density at radius 3 is 2.44 bits per heavy atom. The first-order valence-corrected chi connectivity index (χ1v) is 4.87. The van der Waals surface area contributed by atoms with Crippen LogP contribution in [-0.2, 0) is 4.79 Å². The SMILES string of the molecule is COc1ccc([N+]([O-])=NC(C)C(C)=O)cc1. The highest BCUT2D eigenvalue weighted by atomic mass is 16.5. The number of hydrogen-bond donors (Lipinski definition) is 0. The third-order valence-corrected chi connectivity index (χ3v) is 2.16. The number of hydrogen-bond acceptors (Lipinski definition) is 4. The van der Waals surface area contributed by atoms with Crippen LogP contribution < -0.4 is 4.74 Å². The summed E-state index contributed by atoms with van der Waals surface area (Å²) in [6.07, 6.45) is 0. The van der Waals surface area contributed by atoms with Crippen molar-refractivity contribution in [2.24, 2.45) is 5.11 Å². The molecule has 1 aromatic rings. The Balaban J connectivity index is 2.87. The second-order valence-corrected chi connectivity index (χ2v) is 3.37. The van der Waals surface area contributed by atoms with E-state index in [1.165, 1.54) is 6.92 Å². The maximum absolute atomic E-state index is 11.5. The smallest absolute Gasteiger partial charge is 0.244 e. The number of carbonyl (C=O) groups is 1. The van der Waals surface area contributed by atoms with Crippen LogP contribution in [0.25, 0.3) is 0 Å². The first-order chi connectivity index (χ1) is 7.54. The lowest BCUT2D eigenvalue weighted by Gasteiger charge is -2.03. The van der Waals surface area contributed by atoms with Gasteiger partial charge in [-0.2, -0.15) is 0 Å². The van der Waals surface area contributed by atoms with Gasteiger partial charge in [0.2, 0.25) is 5.69 Å². The van der Waals surface area contributed by atoms with Crippen molar-refractivity contribution in [1.29, 1.82) is 0 Å². The average Bonchev–Trinajstić information content (AvgIpc) is 2.28. The van der Waals surface area contributed by atoms with Gasteiger partial charge in [0, 0.05) is 12.1 Å². The number of methoxy groups -OCH3 is 1. The van der Waals surface area contributed by atoms with Crippen molar-refractivity contribution in [3.8, 4) is 5.75 Å². The summed E-state index contributed by atoms with van der Waals surface area (Å²) in [6, 6.07) is 5.87. The van der Waals surface area contributed by atoms with E-state index in [1.807, 2.05) is 0 Å². The largest absolute Gasteiger partial charge is 0.594 e. The Labute approximate surface area is 93.9 Å². The van der Waals surface area contributed by atoms with E-state index in [2.05, 4.69) is 5.11 Å². The van der Waals surface area contributed by atoms with Crippen LogP contribution in [0.4, 0.5) is 5.69 Å². The maximum atomic E-state index is 11.5. The van der Waals surface area contributed by atoms with Crippen molar-refractivity contribution in [2.75, 3.05) is 7.11 Å². The quantitative estimate of drug-likeness (QED) is 0.446. The zero-order chi connectivity index (χ0) is 12.1. The molecule has 1 aromatic carbocycles. The minimum atomic E-state index is -0.625. The number of benzene rings is 1. The fourth-order valence-corrected chi connectivity index (χ4v) is 1.02. The van der Waals surface area contributed by atoms with Gasteiger partial charge in [-0.05, 0) is 31.1 Å². The molecule has 0 aliphatic rings. The summed E-state index contributed by atoms with van der Waals surface area (Å²) in [5, 5.41) is 15.2. The molecule has 0 saturated heterocycles. The second-order valence-electron chi connectivity index (χ2n) is 3.37. The Bertz CT molecular complexity index is 398. The summed E-state index contributed by atoms with van der Waals surface area (Å²) in [6.45, 7) is 2.98. The summed E-state index contributed by atoms with van der Waals surface area (Å²) in [7, 11) is 1.55. The molecule has 0 aliphatic heterocycles. The molecule has 0 aliphatic carbocycles. The van der Waals surface area contributed by atoms with Gasteiger partial charge in [0.1, 0.15) is 5.75 Å². The van der Waals surface area contributed by atoms with E-state index in [9.17, 15) is 10.0 Å². The summed E-state index contributed by atoms with van der Waals surface area (Å²) < 4.78 is 4.96. The van der Waals surface area contributed by atoms with E-state index >= 15 is 0 Å². The lowest BCUT2D eigenvalue weighted by molar-refractivity contribution is -0.444. The van der Waals surface area contributed by atoms with Gasteiger partial charge in [-0.15, -0.1) is 0 Å². The molecule has 0 spiro atoms. The third kappa shape index (κ3) is 3.05. The highest BCUT2D eigenvalue weighted by molar-refractivity contribution is 5.80. The van der Waals surface area contributed by atoms with Crippen molar-refractivity contribution in [2.45, 2.75) is 19.9 Å². The minimum absolute atomic E-state index is 0.144. The summed E-state index contributed by atoms with van der Waals surface area (Å²) in [4.78, 5) is 11.4. The monoisotopic (exact) mass is 222 g/mol. The molecule has 5 heteroatoms. The fraction of sp³-hybridized carbons (Fsp3) is 0.364. The van der Waals surface area contributed by atoms with Crippen molar-refractivity contribution in [1.82, 2.24) is 0 Å². The van der Waals surface area contributed by atoms with Gasteiger partial charge in [0.15, 0.2) is 11.8 Å². The van der Waals surface area contributed by atoms with E-state index in [1.54, 1.807) is 38.3 Å². The van der Waals surface area contributed by atoms with Gasteiger partial charge in [-0.3, -0.25) is 4.79 Å². The summed E-state index contributed by atoms with van der Waals surface area (Å²) in [5.41, 5.74) is 0.369. The molecular weight excluding hydrogens is 208 g/mol. The molecule has 16 heavy (non-hydrogen) atoms. The number of azo groups is 1. The zero-order valence-corrected chi connectivity index (χ0v) is 9.51. The Hall–Kier alpha value is -1.91. The Morgan fingerprint density at radius 1 is 1.44 bits per heavy atom. The first kappa shape index (κ1) is 12.2. The van der Waals surface area contributed by atoms with E-state index in [-0.39, 0.29) is 5.78 Å². The molecule has 86 valence electrons.